The highest BCUT2D eigenvalue weighted by molar-refractivity contribution is 7.80. The molecular formula is C22H15N3O3S. The maximum atomic E-state index is 13.0. The second-order valence-electron chi connectivity index (χ2n) is 6.12. The number of para-hydroxylation sites is 1. The molecule has 29 heavy (non-hydrogen) atoms. The van der Waals surface area contributed by atoms with Crippen LogP contribution in [0.2, 0.25) is 0 Å². The Morgan fingerprint density at radius 3 is 2.28 bits per heavy atom. The number of amides is 2. The van der Waals surface area contributed by atoms with Gasteiger partial charge >= 0.3 is 0 Å². The highest BCUT2D eigenvalue weighted by Gasteiger charge is 2.34. The average molecular weight is 401 g/mol. The summed E-state index contributed by atoms with van der Waals surface area (Å²) in [5.41, 5.74) is 0.986. The third-order valence-electron chi connectivity index (χ3n) is 4.16. The molecule has 1 N–H and O–H groups in total. The lowest BCUT2D eigenvalue weighted by atomic mass is 10.1. The normalized spacial score (nSPS) is 15.4. The Bertz CT molecular complexity index is 1100. The molecule has 142 valence electrons. The highest BCUT2D eigenvalue weighted by atomic mass is 32.1. The van der Waals surface area contributed by atoms with Crippen molar-refractivity contribution in [2.45, 2.75) is 0 Å². The number of carbonyl (C=O) groups excluding carboxylic acids is 2. The molecule has 2 aromatic carbocycles. The van der Waals surface area contributed by atoms with Crippen molar-refractivity contribution in [3.05, 3.63) is 90.3 Å². The Balaban J connectivity index is 1.60. The molecule has 4 rings (SSSR count). The Morgan fingerprint density at radius 2 is 1.59 bits per heavy atom. The van der Waals surface area contributed by atoms with E-state index < -0.39 is 11.8 Å². The van der Waals surface area contributed by atoms with Gasteiger partial charge in [-0.15, -0.1) is 0 Å². The Hall–Kier alpha value is -3.84. The molecule has 3 aromatic rings. The number of hydrogen-bond acceptors (Lipinski definition) is 5. The van der Waals surface area contributed by atoms with Crippen LogP contribution in [-0.2, 0) is 9.59 Å². The third-order valence-corrected chi connectivity index (χ3v) is 4.44. The second kappa shape index (κ2) is 8.04. The first-order valence-corrected chi connectivity index (χ1v) is 9.18. The summed E-state index contributed by atoms with van der Waals surface area (Å²) < 4.78 is 5.77. The predicted octanol–water partition coefficient (Wildman–Crippen LogP) is 3.71. The fourth-order valence-corrected chi connectivity index (χ4v) is 3.07. The molecule has 0 radical (unpaired) electrons. The standard InChI is InChI=1S/C22H15N3O3S/c26-20-19(14-15-6-4-5-13-23-15)21(27)25(22(29)24-20)16-9-11-18(12-10-16)28-17-7-2-1-3-8-17/h1-14H,(H,24,26,29). The first-order valence-electron chi connectivity index (χ1n) is 8.77. The zero-order valence-electron chi connectivity index (χ0n) is 15.1. The minimum atomic E-state index is -0.550. The molecule has 2 heterocycles. The number of anilines is 1. The van der Waals surface area contributed by atoms with Crippen LogP contribution in [-0.4, -0.2) is 21.9 Å². The predicted molar refractivity (Wildman–Crippen MR) is 113 cm³/mol. The number of pyridine rings is 1. The van der Waals surface area contributed by atoms with Crippen molar-refractivity contribution in [3.8, 4) is 11.5 Å². The smallest absolute Gasteiger partial charge is 0.270 e. The van der Waals surface area contributed by atoms with Crippen LogP contribution in [0.25, 0.3) is 6.08 Å². The van der Waals surface area contributed by atoms with Gasteiger partial charge in [-0.3, -0.25) is 24.8 Å². The van der Waals surface area contributed by atoms with Gasteiger partial charge in [0.15, 0.2) is 5.11 Å². The van der Waals surface area contributed by atoms with Gasteiger partial charge in [-0.25, -0.2) is 0 Å². The third kappa shape index (κ3) is 4.04. The molecule has 2 amide bonds. The fourth-order valence-electron chi connectivity index (χ4n) is 2.79. The van der Waals surface area contributed by atoms with Crippen LogP contribution in [0, 0.1) is 0 Å². The summed E-state index contributed by atoms with van der Waals surface area (Å²) in [5, 5.41) is 2.58. The molecule has 1 aliphatic heterocycles. The van der Waals surface area contributed by atoms with E-state index in [1.165, 1.54) is 11.0 Å². The van der Waals surface area contributed by atoms with Gasteiger partial charge in [0.1, 0.15) is 17.1 Å². The van der Waals surface area contributed by atoms with Gasteiger partial charge in [-0.1, -0.05) is 24.3 Å². The van der Waals surface area contributed by atoms with E-state index >= 15 is 0 Å². The monoisotopic (exact) mass is 401 g/mol. The van der Waals surface area contributed by atoms with Gasteiger partial charge in [0.25, 0.3) is 11.8 Å². The van der Waals surface area contributed by atoms with Crippen LogP contribution in [0.3, 0.4) is 0 Å². The minimum Gasteiger partial charge on any atom is -0.457 e. The van der Waals surface area contributed by atoms with Crippen molar-refractivity contribution in [2.75, 3.05) is 4.90 Å². The molecular weight excluding hydrogens is 386 g/mol. The summed E-state index contributed by atoms with van der Waals surface area (Å²) in [7, 11) is 0. The number of aromatic nitrogens is 1. The molecule has 0 bridgehead atoms. The second-order valence-corrected chi connectivity index (χ2v) is 6.51. The molecule has 1 saturated heterocycles. The minimum absolute atomic E-state index is 0.0231. The van der Waals surface area contributed by atoms with E-state index in [2.05, 4.69) is 10.3 Å². The number of ether oxygens (including phenoxy) is 1. The van der Waals surface area contributed by atoms with E-state index in [0.717, 1.165) is 0 Å². The summed E-state index contributed by atoms with van der Waals surface area (Å²) in [6, 6.07) is 21.5. The first kappa shape index (κ1) is 18.5. The zero-order chi connectivity index (χ0) is 20.2. The summed E-state index contributed by atoms with van der Waals surface area (Å²) in [6.45, 7) is 0. The van der Waals surface area contributed by atoms with Gasteiger partial charge in [0.05, 0.1) is 11.4 Å². The first-order chi connectivity index (χ1) is 14.1. The fraction of sp³-hybridized carbons (Fsp3) is 0. The molecule has 1 fully saturated rings. The highest BCUT2D eigenvalue weighted by Crippen LogP contribution is 2.26. The Kier molecular flexibility index (Phi) is 5.13. The topological polar surface area (TPSA) is 71.5 Å². The van der Waals surface area contributed by atoms with Crippen LogP contribution in [0.4, 0.5) is 5.69 Å². The summed E-state index contributed by atoms with van der Waals surface area (Å²) in [5.74, 6) is 0.258. The van der Waals surface area contributed by atoms with Crippen LogP contribution < -0.4 is 15.0 Å². The van der Waals surface area contributed by atoms with Crippen LogP contribution >= 0.6 is 12.2 Å². The van der Waals surface area contributed by atoms with Crippen LogP contribution in [0.15, 0.2) is 84.6 Å². The van der Waals surface area contributed by atoms with E-state index in [-0.39, 0.29) is 10.7 Å². The quantitative estimate of drug-likeness (QED) is 0.410. The maximum absolute atomic E-state index is 13.0. The van der Waals surface area contributed by atoms with E-state index in [1.54, 1.807) is 48.7 Å². The molecule has 0 spiro atoms. The maximum Gasteiger partial charge on any atom is 0.270 e. The van der Waals surface area contributed by atoms with Crippen molar-refractivity contribution in [2.24, 2.45) is 0 Å². The SMILES string of the molecule is O=C1NC(=S)N(c2ccc(Oc3ccccc3)cc2)C(=O)C1=Cc1ccccn1. The molecule has 1 aliphatic rings. The summed E-state index contributed by atoms with van der Waals surface area (Å²) in [6.07, 6.45) is 3.03. The number of thiocarbonyl (C=S) groups is 1. The van der Waals surface area contributed by atoms with Crippen LogP contribution in [0.5, 0.6) is 11.5 Å². The Labute approximate surface area is 172 Å². The van der Waals surface area contributed by atoms with Crippen molar-refractivity contribution in [3.63, 3.8) is 0 Å². The van der Waals surface area contributed by atoms with Gasteiger partial charge in [-0.2, -0.15) is 0 Å². The lowest BCUT2D eigenvalue weighted by Crippen LogP contribution is -2.54. The van der Waals surface area contributed by atoms with Crippen molar-refractivity contribution in [1.82, 2.24) is 10.3 Å². The lowest BCUT2D eigenvalue weighted by Gasteiger charge is -2.29. The average Bonchev–Trinajstić information content (AvgIpc) is 2.74. The Morgan fingerprint density at radius 1 is 0.897 bits per heavy atom. The molecule has 0 saturated carbocycles. The zero-order valence-corrected chi connectivity index (χ0v) is 15.9. The van der Waals surface area contributed by atoms with Crippen molar-refractivity contribution >= 4 is 40.9 Å². The molecule has 0 atom stereocenters. The van der Waals surface area contributed by atoms with Gasteiger partial charge in [0.2, 0.25) is 0 Å². The largest absolute Gasteiger partial charge is 0.457 e. The summed E-state index contributed by atoms with van der Waals surface area (Å²) >= 11 is 5.22. The molecule has 1 aromatic heterocycles. The summed E-state index contributed by atoms with van der Waals surface area (Å²) in [4.78, 5) is 30.7. The van der Waals surface area contributed by atoms with Crippen molar-refractivity contribution in [1.29, 1.82) is 0 Å². The molecule has 0 aliphatic carbocycles. The number of nitrogens with one attached hydrogen (secondary N) is 1. The van der Waals surface area contributed by atoms with Gasteiger partial charge in [-0.05, 0) is 66.8 Å². The number of benzene rings is 2. The van der Waals surface area contributed by atoms with E-state index in [0.29, 0.717) is 22.9 Å². The lowest BCUT2D eigenvalue weighted by molar-refractivity contribution is -0.122. The molecule has 6 nitrogen and oxygen atoms in total. The number of carbonyl (C=O) groups is 2. The van der Waals surface area contributed by atoms with Crippen LogP contribution in [0.1, 0.15) is 5.69 Å². The van der Waals surface area contributed by atoms with Crippen molar-refractivity contribution < 1.29 is 14.3 Å². The van der Waals surface area contributed by atoms with Gasteiger partial charge < -0.3 is 4.74 Å². The number of rotatable bonds is 4. The molecule has 0 unspecified atom stereocenters. The van der Waals surface area contributed by atoms with E-state index in [9.17, 15) is 9.59 Å². The number of hydrogen-bond donors (Lipinski definition) is 1. The molecule has 7 heteroatoms. The number of nitrogens with zero attached hydrogens (tertiary/aromatic N) is 2. The van der Waals surface area contributed by atoms with Gasteiger partial charge in [0, 0.05) is 6.20 Å². The van der Waals surface area contributed by atoms with E-state index in [4.69, 9.17) is 17.0 Å². The van der Waals surface area contributed by atoms with E-state index in [1.807, 2.05) is 30.3 Å².